The van der Waals surface area contributed by atoms with Crippen LogP contribution in [0.4, 0.5) is 0 Å². The maximum Gasteiger partial charge on any atom is 0.241 e. The molecule has 0 aliphatic carbocycles. The molecular weight excluding hydrogens is 286 g/mol. The van der Waals surface area contributed by atoms with Gasteiger partial charge in [0.05, 0.1) is 17.0 Å². The number of aliphatic hydroxyl groups excluding tert-OH is 1. The van der Waals surface area contributed by atoms with Crippen molar-refractivity contribution in [2.75, 3.05) is 6.61 Å². The SMILES string of the molecule is CCC(CC)(CO)NS(=O)(=O)c1c(C)c(C)cc(C)c1C. The van der Waals surface area contributed by atoms with E-state index in [9.17, 15) is 13.5 Å². The number of benzene rings is 1. The molecular formula is C16H27NO3S. The predicted octanol–water partition coefficient (Wildman–Crippen LogP) is 2.75. The van der Waals surface area contributed by atoms with E-state index in [0.717, 1.165) is 22.3 Å². The van der Waals surface area contributed by atoms with Crippen molar-refractivity contribution in [2.45, 2.75) is 64.8 Å². The van der Waals surface area contributed by atoms with Crippen molar-refractivity contribution in [2.24, 2.45) is 0 Å². The van der Waals surface area contributed by atoms with E-state index in [4.69, 9.17) is 0 Å². The second kappa shape index (κ2) is 6.46. The molecule has 0 unspecified atom stereocenters. The Labute approximate surface area is 128 Å². The highest BCUT2D eigenvalue weighted by molar-refractivity contribution is 7.89. The van der Waals surface area contributed by atoms with Crippen LogP contribution in [0.5, 0.6) is 0 Å². The zero-order valence-corrected chi connectivity index (χ0v) is 14.7. The topological polar surface area (TPSA) is 66.4 Å². The number of hydrogen-bond acceptors (Lipinski definition) is 3. The lowest BCUT2D eigenvalue weighted by Crippen LogP contribution is -2.50. The summed E-state index contributed by atoms with van der Waals surface area (Å²) in [6, 6.07) is 2.00. The first-order valence-corrected chi connectivity index (χ1v) is 8.84. The van der Waals surface area contributed by atoms with Crippen molar-refractivity contribution in [3.05, 3.63) is 28.3 Å². The minimum atomic E-state index is -3.67. The summed E-state index contributed by atoms with van der Waals surface area (Å²) >= 11 is 0. The third-order valence-electron chi connectivity index (χ3n) is 4.57. The molecule has 0 spiro atoms. The Bertz CT molecular complexity index is 582. The summed E-state index contributed by atoms with van der Waals surface area (Å²) in [7, 11) is -3.67. The van der Waals surface area contributed by atoms with Gasteiger partial charge in [-0.05, 0) is 62.8 Å². The maximum atomic E-state index is 12.8. The van der Waals surface area contributed by atoms with Crippen LogP contribution < -0.4 is 4.72 Å². The molecule has 120 valence electrons. The Morgan fingerprint density at radius 2 is 1.48 bits per heavy atom. The van der Waals surface area contributed by atoms with Crippen LogP contribution in [0.1, 0.15) is 48.9 Å². The first-order chi connectivity index (χ1) is 9.64. The van der Waals surface area contributed by atoms with E-state index < -0.39 is 15.6 Å². The number of nitrogens with one attached hydrogen (secondary N) is 1. The standard InChI is InChI=1S/C16H27NO3S/c1-7-16(8-2,10-18)17-21(19,20)15-13(5)11(3)9-12(4)14(15)6/h9,17-18H,7-8,10H2,1-6H3. The maximum absolute atomic E-state index is 12.8. The van der Waals surface area contributed by atoms with Crippen LogP contribution in [0.3, 0.4) is 0 Å². The van der Waals surface area contributed by atoms with E-state index in [2.05, 4.69) is 4.72 Å². The summed E-state index contributed by atoms with van der Waals surface area (Å²) in [5.74, 6) is 0. The molecule has 1 rings (SSSR count). The minimum absolute atomic E-state index is 0.206. The molecule has 0 atom stereocenters. The molecule has 0 saturated carbocycles. The van der Waals surface area contributed by atoms with Crippen molar-refractivity contribution in [1.29, 1.82) is 0 Å². The molecule has 0 heterocycles. The molecule has 0 bridgehead atoms. The zero-order valence-electron chi connectivity index (χ0n) is 13.9. The van der Waals surface area contributed by atoms with E-state index in [0.29, 0.717) is 17.7 Å². The van der Waals surface area contributed by atoms with Gasteiger partial charge in [0.25, 0.3) is 0 Å². The molecule has 2 N–H and O–H groups in total. The van der Waals surface area contributed by atoms with Gasteiger partial charge in [-0.3, -0.25) is 0 Å². The summed E-state index contributed by atoms with van der Waals surface area (Å²) in [5.41, 5.74) is 2.66. The molecule has 0 amide bonds. The normalized spacial score (nSPS) is 12.7. The summed E-state index contributed by atoms with van der Waals surface area (Å²) in [4.78, 5) is 0.347. The van der Waals surface area contributed by atoms with Gasteiger partial charge in [0, 0.05) is 0 Å². The van der Waals surface area contributed by atoms with Gasteiger partial charge >= 0.3 is 0 Å². The van der Waals surface area contributed by atoms with Gasteiger partial charge in [-0.2, -0.15) is 0 Å². The van der Waals surface area contributed by atoms with Crippen molar-refractivity contribution in [3.63, 3.8) is 0 Å². The molecule has 1 aromatic rings. The van der Waals surface area contributed by atoms with Gasteiger partial charge in [-0.15, -0.1) is 0 Å². The molecule has 21 heavy (non-hydrogen) atoms. The highest BCUT2D eigenvalue weighted by Crippen LogP contribution is 2.28. The molecule has 5 heteroatoms. The smallest absolute Gasteiger partial charge is 0.241 e. The Morgan fingerprint density at radius 1 is 1.05 bits per heavy atom. The molecule has 0 aliphatic rings. The fourth-order valence-corrected chi connectivity index (χ4v) is 4.72. The van der Waals surface area contributed by atoms with E-state index in [-0.39, 0.29) is 6.61 Å². The number of hydrogen-bond donors (Lipinski definition) is 2. The van der Waals surface area contributed by atoms with Crippen LogP contribution in [0.25, 0.3) is 0 Å². The second-order valence-corrected chi connectivity index (χ2v) is 7.46. The number of sulfonamides is 1. The lowest BCUT2D eigenvalue weighted by molar-refractivity contribution is 0.172. The van der Waals surface area contributed by atoms with Crippen molar-refractivity contribution in [1.82, 2.24) is 4.72 Å². The highest BCUT2D eigenvalue weighted by atomic mass is 32.2. The fraction of sp³-hybridized carbons (Fsp3) is 0.625. The first-order valence-electron chi connectivity index (χ1n) is 7.36. The van der Waals surface area contributed by atoms with Crippen LogP contribution in [0.2, 0.25) is 0 Å². The molecule has 0 aliphatic heterocycles. The van der Waals surface area contributed by atoms with Gasteiger partial charge in [0.1, 0.15) is 0 Å². The second-order valence-electron chi connectivity index (χ2n) is 5.84. The lowest BCUT2D eigenvalue weighted by Gasteiger charge is -2.31. The molecule has 4 nitrogen and oxygen atoms in total. The predicted molar refractivity (Wildman–Crippen MR) is 86.1 cm³/mol. The number of aliphatic hydroxyl groups is 1. The van der Waals surface area contributed by atoms with Crippen molar-refractivity contribution >= 4 is 10.0 Å². The van der Waals surface area contributed by atoms with Crippen LogP contribution in [-0.4, -0.2) is 25.7 Å². The van der Waals surface area contributed by atoms with Gasteiger partial charge in [-0.1, -0.05) is 19.9 Å². The molecule has 0 saturated heterocycles. The average molecular weight is 313 g/mol. The Hall–Kier alpha value is -0.910. The van der Waals surface area contributed by atoms with Crippen LogP contribution in [0, 0.1) is 27.7 Å². The summed E-state index contributed by atoms with van der Waals surface area (Å²) in [6.07, 6.45) is 1.09. The van der Waals surface area contributed by atoms with Gasteiger partial charge in [-0.25, -0.2) is 13.1 Å². The third-order valence-corrected chi connectivity index (χ3v) is 6.42. The summed E-state index contributed by atoms with van der Waals surface area (Å²) < 4.78 is 28.4. The fourth-order valence-electron chi connectivity index (χ4n) is 2.57. The largest absolute Gasteiger partial charge is 0.394 e. The van der Waals surface area contributed by atoms with E-state index >= 15 is 0 Å². The van der Waals surface area contributed by atoms with Gasteiger partial charge in [0.2, 0.25) is 10.0 Å². The first kappa shape index (κ1) is 18.1. The van der Waals surface area contributed by atoms with Crippen LogP contribution >= 0.6 is 0 Å². The quantitative estimate of drug-likeness (QED) is 0.848. The van der Waals surface area contributed by atoms with Gasteiger partial charge < -0.3 is 5.11 Å². The van der Waals surface area contributed by atoms with E-state index in [1.807, 2.05) is 47.6 Å². The summed E-state index contributed by atoms with van der Waals surface area (Å²) in [5, 5.41) is 9.61. The van der Waals surface area contributed by atoms with Crippen LogP contribution in [0.15, 0.2) is 11.0 Å². The molecule has 0 aromatic heterocycles. The Kier molecular flexibility index (Phi) is 5.58. The van der Waals surface area contributed by atoms with Crippen LogP contribution in [-0.2, 0) is 10.0 Å². The Morgan fingerprint density at radius 3 is 1.81 bits per heavy atom. The summed E-state index contributed by atoms with van der Waals surface area (Å²) in [6.45, 7) is 11.0. The van der Waals surface area contributed by atoms with Crippen molar-refractivity contribution < 1.29 is 13.5 Å². The number of rotatable bonds is 6. The molecule has 0 fully saturated rings. The van der Waals surface area contributed by atoms with E-state index in [1.54, 1.807) is 0 Å². The molecule has 1 aromatic carbocycles. The lowest BCUT2D eigenvalue weighted by atomic mass is 9.96. The molecule has 0 radical (unpaired) electrons. The monoisotopic (exact) mass is 313 g/mol. The third kappa shape index (κ3) is 3.47. The highest BCUT2D eigenvalue weighted by Gasteiger charge is 2.33. The minimum Gasteiger partial charge on any atom is -0.394 e. The number of aryl methyl sites for hydroxylation is 2. The van der Waals surface area contributed by atoms with E-state index in [1.165, 1.54) is 0 Å². The zero-order chi connectivity index (χ0) is 16.4. The van der Waals surface area contributed by atoms with Crippen molar-refractivity contribution in [3.8, 4) is 0 Å². The average Bonchev–Trinajstić information content (AvgIpc) is 2.43. The van der Waals surface area contributed by atoms with Gasteiger partial charge in [0.15, 0.2) is 0 Å². The Balaban J connectivity index is 3.46.